The van der Waals surface area contributed by atoms with Crippen LogP contribution in [0.5, 0.6) is 0 Å². The number of nitriles is 1. The molecule has 1 fully saturated rings. The van der Waals surface area contributed by atoms with Crippen molar-refractivity contribution in [1.82, 2.24) is 5.32 Å². The molecule has 1 heterocycles. The number of hydrogen-bond acceptors (Lipinski definition) is 2. The first-order valence-corrected chi connectivity index (χ1v) is 5.96. The molecule has 0 aromatic heterocycles. The van der Waals surface area contributed by atoms with E-state index in [1.807, 2.05) is 6.07 Å². The van der Waals surface area contributed by atoms with Crippen molar-refractivity contribution in [2.75, 3.05) is 13.1 Å². The van der Waals surface area contributed by atoms with Crippen molar-refractivity contribution >= 4 is 0 Å². The summed E-state index contributed by atoms with van der Waals surface area (Å²) in [5, 5.41) is 12.3. The summed E-state index contributed by atoms with van der Waals surface area (Å²) in [7, 11) is 0. The molecule has 1 aromatic carbocycles. The Morgan fingerprint density at radius 1 is 1.31 bits per heavy atom. The Balaban J connectivity index is 1.95. The molecule has 1 atom stereocenters. The van der Waals surface area contributed by atoms with Crippen LogP contribution in [0.15, 0.2) is 30.3 Å². The van der Waals surface area contributed by atoms with Crippen molar-refractivity contribution in [3.63, 3.8) is 0 Å². The van der Waals surface area contributed by atoms with Crippen molar-refractivity contribution in [1.29, 1.82) is 5.26 Å². The van der Waals surface area contributed by atoms with Gasteiger partial charge in [0.05, 0.1) is 6.07 Å². The van der Waals surface area contributed by atoms with Gasteiger partial charge in [0.2, 0.25) is 0 Å². The number of nitrogens with one attached hydrogen (secondary N) is 1. The average Bonchev–Trinajstić information content (AvgIpc) is 2.78. The van der Waals surface area contributed by atoms with Gasteiger partial charge in [-0.25, -0.2) is 0 Å². The van der Waals surface area contributed by atoms with Crippen LogP contribution in [-0.4, -0.2) is 13.1 Å². The first-order valence-electron chi connectivity index (χ1n) is 5.96. The van der Waals surface area contributed by atoms with Crippen molar-refractivity contribution < 1.29 is 0 Å². The molecule has 0 aliphatic carbocycles. The maximum absolute atomic E-state index is 8.91. The van der Waals surface area contributed by atoms with Gasteiger partial charge in [-0.15, -0.1) is 0 Å². The SMILES string of the molecule is N#CCC1(CCc2ccccc2)CCNC1. The van der Waals surface area contributed by atoms with E-state index < -0.39 is 0 Å². The highest BCUT2D eigenvalue weighted by Crippen LogP contribution is 2.34. The van der Waals surface area contributed by atoms with Gasteiger partial charge in [-0.1, -0.05) is 30.3 Å². The minimum absolute atomic E-state index is 0.227. The lowest BCUT2D eigenvalue weighted by Gasteiger charge is -2.25. The molecule has 1 N–H and O–H groups in total. The Morgan fingerprint density at radius 2 is 2.12 bits per heavy atom. The van der Waals surface area contributed by atoms with Gasteiger partial charge in [0.25, 0.3) is 0 Å². The zero-order chi connectivity index (χ0) is 11.3. The molecule has 84 valence electrons. The van der Waals surface area contributed by atoms with E-state index in [1.54, 1.807) is 0 Å². The topological polar surface area (TPSA) is 35.8 Å². The predicted octanol–water partition coefficient (Wildman–Crippen LogP) is 2.51. The zero-order valence-corrected chi connectivity index (χ0v) is 9.58. The van der Waals surface area contributed by atoms with Crippen molar-refractivity contribution in [2.45, 2.75) is 25.7 Å². The molecule has 1 saturated heterocycles. The lowest BCUT2D eigenvalue weighted by Crippen LogP contribution is -2.24. The summed E-state index contributed by atoms with van der Waals surface area (Å²) in [6.07, 6.45) is 4.04. The lowest BCUT2D eigenvalue weighted by molar-refractivity contribution is 0.303. The summed E-state index contributed by atoms with van der Waals surface area (Å²) in [6, 6.07) is 12.9. The summed E-state index contributed by atoms with van der Waals surface area (Å²) in [5.74, 6) is 0. The van der Waals surface area contributed by atoms with Crippen LogP contribution in [0.3, 0.4) is 0 Å². The fourth-order valence-corrected chi connectivity index (χ4v) is 2.47. The molecule has 0 bridgehead atoms. The lowest BCUT2D eigenvalue weighted by atomic mass is 9.79. The van der Waals surface area contributed by atoms with Crippen LogP contribution in [0.4, 0.5) is 0 Å². The van der Waals surface area contributed by atoms with Crippen LogP contribution in [-0.2, 0) is 6.42 Å². The van der Waals surface area contributed by atoms with Crippen LogP contribution in [0.1, 0.15) is 24.8 Å². The van der Waals surface area contributed by atoms with Crippen LogP contribution in [0.25, 0.3) is 0 Å². The highest BCUT2D eigenvalue weighted by molar-refractivity contribution is 5.15. The molecule has 1 aromatic rings. The molecular weight excluding hydrogens is 196 g/mol. The van der Waals surface area contributed by atoms with Gasteiger partial charge >= 0.3 is 0 Å². The third kappa shape index (κ3) is 2.62. The number of aryl methyl sites for hydroxylation is 1. The van der Waals surface area contributed by atoms with Gasteiger partial charge in [0.1, 0.15) is 0 Å². The van der Waals surface area contributed by atoms with E-state index in [9.17, 15) is 0 Å². The highest BCUT2D eigenvalue weighted by atomic mass is 14.9. The Hall–Kier alpha value is -1.33. The maximum Gasteiger partial charge on any atom is 0.0628 e. The van der Waals surface area contributed by atoms with Crippen LogP contribution < -0.4 is 5.32 Å². The van der Waals surface area contributed by atoms with E-state index in [0.29, 0.717) is 6.42 Å². The second kappa shape index (κ2) is 5.14. The Kier molecular flexibility index (Phi) is 3.58. The number of hydrogen-bond donors (Lipinski definition) is 1. The average molecular weight is 214 g/mol. The highest BCUT2D eigenvalue weighted by Gasteiger charge is 2.32. The summed E-state index contributed by atoms with van der Waals surface area (Å²) in [5.41, 5.74) is 1.61. The molecule has 0 spiro atoms. The number of rotatable bonds is 4. The molecule has 1 aliphatic rings. The van der Waals surface area contributed by atoms with Crippen LogP contribution in [0, 0.1) is 16.7 Å². The first-order chi connectivity index (χ1) is 7.85. The molecule has 1 aliphatic heterocycles. The van der Waals surface area contributed by atoms with E-state index in [2.05, 4.69) is 35.7 Å². The van der Waals surface area contributed by atoms with E-state index >= 15 is 0 Å². The molecule has 2 nitrogen and oxygen atoms in total. The fourth-order valence-electron chi connectivity index (χ4n) is 2.47. The Labute approximate surface area is 97.3 Å². The first kappa shape index (κ1) is 11.2. The van der Waals surface area contributed by atoms with Gasteiger partial charge in [-0.2, -0.15) is 5.26 Å². The van der Waals surface area contributed by atoms with E-state index in [4.69, 9.17) is 5.26 Å². The minimum atomic E-state index is 0.227. The van der Waals surface area contributed by atoms with Gasteiger partial charge < -0.3 is 5.32 Å². The second-order valence-corrected chi connectivity index (χ2v) is 4.75. The standard InChI is InChI=1S/C14H18N2/c15-10-8-14(9-11-16-12-14)7-6-13-4-2-1-3-5-13/h1-5,16H,6-9,11-12H2. The van der Waals surface area contributed by atoms with E-state index in [-0.39, 0.29) is 5.41 Å². The molecular formula is C14H18N2. The van der Waals surface area contributed by atoms with Gasteiger partial charge in [0, 0.05) is 13.0 Å². The maximum atomic E-state index is 8.91. The molecule has 0 saturated carbocycles. The van der Waals surface area contributed by atoms with Gasteiger partial charge in [0.15, 0.2) is 0 Å². The van der Waals surface area contributed by atoms with Crippen molar-refractivity contribution in [3.05, 3.63) is 35.9 Å². The van der Waals surface area contributed by atoms with Gasteiger partial charge in [-0.3, -0.25) is 0 Å². The second-order valence-electron chi connectivity index (χ2n) is 4.75. The monoisotopic (exact) mass is 214 g/mol. The normalized spacial score (nSPS) is 24.2. The number of benzene rings is 1. The molecule has 0 amide bonds. The minimum Gasteiger partial charge on any atom is -0.316 e. The van der Waals surface area contributed by atoms with Gasteiger partial charge in [-0.05, 0) is 36.8 Å². The third-order valence-electron chi connectivity index (χ3n) is 3.57. The fraction of sp³-hybridized carbons (Fsp3) is 0.500. The molecule has 2 heteroatoms. The quantitative estimate of drug-likeness (QED) is 0.836. The van der Waals surface area contributed by atoms with Crippen molar-refractivity contribution in [3.8, 4) is 6.07 Å². The third-order valence-corrected chi connectivity index (χ3v) is 3.57. The molecule has 1 unspecified atom stereocenters. The predicted molar refractivity (Wildman–Crippen MR) is 64.9 cm³/mol. The largest absolute Gasteiger partial charge is 0.316 e. The smallest absolute Gasteiger partial charge is 0.0628 e. The molecule has 0 radical (unpaired) electrons. The van der Waals surface area contributed by atoms with Crippen LogP contribution in [0.2, 0.25) is 0 Å². The molecule has 2 rings (SSSR count). The summed E-state index contributed by atoms with van der Waals surface area (Å²) >= 11 is 0. The number of nitrogens with zero attached hydrogens (tertiary/aromatic N) is 1. The van der Waals surface area contributed by atoms with Crippen LogP contribution >= 0.6 is 0 Å². The molecule has 16 heavy (non-hydrogen) atoms. The van der Waals surface area contributed by atoms with E-state index in [1.165, 1.54) is 5.56 Å². The van der Waals surface area contributed by atoms with Crippen molar-refractivity contribution in [2.24, 2.45) is 5.41 Å². The summed E-state index contributed by atoms with van der Waals surface area (Å²) in [4.78, 5) is 0. The summed E-state index contributed by atoms with van der Waals surface area (Å²) < 4.78 is 0. The zero-order valence-electron chi connectivity index (χ0n) is 9.58. The van der Waals surface area contributed by atoms with E-state index in [0.717, 1.165) is 32.4 Å². The summed E-state index contributed by atoms with van der Waals surface area (Å²) in [6.45, 7) is 2.07. The Morgan fingerprint density at radius 3 is 2.75 bits per heavy atom. The Bertz CT molecular complexity index is 358.